The number of aliphatic hydroxyl groups is 1. The second-order valence-electron chi connectivity index (χ2n) is 8.58. The molecule has 1 heterocycles. The molecule has 0 radical (unpaired) electrons. The number of nitrogens with zero attached hydrogens (tertiary/aromatic N) is 1. The highest BCUT2D eigenvalue weighted by Crippen LogP contribution is 2.33. The third-order valence-corrected chi connectivity index (χ3v) is 4.89. The Labute approximate surface area is 173 Å². The molecular weight excluding hydrogens is 373 g/mol. The minimum absolute atomic E-state index is 0.0934. The molecule has 7 heteroatoms. The molecule has 1 aliphatic heterocycles. The average molecular weight is 410 g/mol. The third-order valence-electron chi connectivity index (χ3n) is 4.89. The molecule has 0 aliphatic carbocycles. The number of benzene rings is 1. The molecule has 3 unspecified atom stereocenters. The van der Waals surface area contributed by atoms with Crippen molar-refractivity contribution in [3.63, 3.8) is 0 Å². The van der Waals surface area contributed by atoms with Gasteiger partial charge in [0.05, 0.1) is 12.6 Å². The summed E-state index contributed by atoms with van der Waals surface area (Å²) in [5.41, 5.74) is 0.0934. The van der Waals surface area contributed by atoms with Crippen LogP contribution in [0.4, 0.5) is 4.39 Å². The normalized spacial score (nSPS) is 21.5. The lowest BCUT2D eigenvalue weighted by Gasteiger charge is -2.40. The van der Waals surface area contributed by atoms with Gasteiger partial charge in [-0.15, -0.1) is 0 Å². The lowest BCUT2D eigenvalue weighted by atomic mass is 9.78. The molecular formula is C22H36FN3O3. The van der Waals surface area contributed by atoms with E-state index in [9.17, 15) is 9.50 Å². The van der Waals surface area contributed by atoms with E-state index in [1.54, 1.807) is 0 Å². The molecule has 0 bridgehead atoms. The van der Waals surface area contributed by atoms with Crippen molar-refractivity contribution in [2.75, 3.05) is 32.8 Å². The molecule has 6 nitrogen and oxygen atoms in total. The highest BCUT2D eigenvalue weighted by atomic mass is 19.1. The van der Waals surface area contributed by atoms with E-state index in [4.69, 9.17) is 9.47 Å². The third kappa shape index (κ3) is 8.19. The molecule has 0 saturated carbocycles. The van der Waals surface area contributed by atoms with Gasteiger partial charge in [0.25, 0.3) is 0 Å². The zero-order valence-corrected chi connectivity index (χ0v) is 18.1. The van der Waals surface area contributed by atoms with E-state index < -0.39 is 6.10 Å². The highest BCUT2D eigenvalue weighted by molar-refractivity contribution is 5.79. The van der Waals surface area contributed by atoms with E-state index in [0.717, 1.165) is 32.5 Å². The minimum atomic E-state index is -0.754. The van der Waals surface area contributed by atoms with Crippen LogP contribution in [0, 0.1) is 17.2 Å². The first-order valence-corrected chi connectivity index (χ1v) is 10.5. The Morgan fingerprint density at radius 3 is 2.69 bits per heavy atom. The van der Waals surface area contributed by atoms with E-state index in [1.807, 2.05) is 6.92 Å². The number of guanidine groups is 1. The van der Waals surface area contributed by atoms with Crippen LogP contribution in [-0.4, -0.2) is 56.1 Å². The van der Waals surface area contributed by atoms with Crippen LogP contribution in [0.3, 0.4) is 0 Å². The largest absolute Gasteiger partial charge is 0.491 e. The number of aliphatic hydroxyl groups excluding tert-OH is 1. The van der Waals surface area contributed by atoms with Gasteiger partial charge >= 0.3 is 0 Å². The van der Waals surface area contributed by atoms with Gasteiger partial charge in [0.1, 0.15) is 24.3 Å². The lowest BCUT2D eigenvalue weighted by molar-refractivity contribution is -0.0835. The maximum Gasteiger partial charge on any atom is 0.191 e. The first-order chi connectivity index (χ1) is 13.8. The summed E-state index contributed by atoms with van der Waals surface area (Å²) in [4.78, 5) is 4.48. The van der Waals surface area contributed by atoms with Crippen molar-refractivity contribution in [1.29, 1.82) is 0 Å². The molecule has 1 fully saturated rings. The fraction of sp³-hybridized carbons (Fsp3) is 0.682. The summed E-state index contributed by atoms with van der Waals surface area (Å²) in [6.45, 7) is 11.3. The summed E-state index contributed by atoms with van der Waals surface area (Å²) in [5.74, 6) is 1.29. The first-order valence-electron chi connectivity index (χ1n) is 10.5. The zero-order valence-electron chi connectivity index (χ0n) is 18.1. The Morgan fingerprint density at radius 2 is 2.03 bits per heavy atom. The molecule has 164 valence electrons. The monoisotopic (exact) mass is 409 g/mol. The Kier molecular flexibility index (Phi) is 9.17. The Hall–Kier alpha value is -1.86. The van der Waals surface area contributed by atoms with Crippen LogP contribution in [0.1, 0.15) is 40.5 Å². The summed E-state index contributed by atoms with van der Waals surface area (Å²) in [6.07, 6.45) is 1.66. The fourth-order valence-electron chi connectivity index (χ4n) is 3.55. The molecule has 2 rings (SSSR count). The molecule has 1 aliphatic rings. The number of hydrogen-bond acceptors (Lipinski definition) is 4. The van der Waals surface area contributed by atoms with Gasteiger partial charge in [0.2, 0.25) is 0 Å². The van der Waals surface area contributed by atoms with Crippen molar-refractivity contribution in [3.05, 3.63) is 30.1 Å². The van der Waals surface area contributed by atoms with Crippen LogP contribution in [0.2, 0.25) is 0 Å². The summed E-state index contributed by atoms with van der Waals surface area (Å²) in [5, 5.41) is 16.8. The molecule has 3 N–H and O–H groups in total. The van der Waals surface area contributed by atoms with Gasteiger partial charge in [-0.25, -0.2) is 4.39 Å². The van der Waals surface area contributed by atoms with Crippen LogP contribution >= 0.6 is 0 Å². The van der Waals surface area contributed by atoms with Gasteiger partial charge in [-0.05, 0) is 49.4 Å². The van der Waals surface area contributed by atoms with Crippen molar-refractivity contribution in [2.24, 2.45) is 16.3 Å². The summed E-state index contributed by atoms with van der Waals surface area (Å²) in [6, 6.07) is 5.73. The van der Waals surface area contributed by atoms with E-state index in [-0.39, 0.29) is 30.5 Å². The SMILES string of the molecule is CCNC(=NCC(O)COc1ccc(F)cc1)NCC1CCCOC1C(C)(C)C. The molecule has 3 atom stereocenters. The molecule has 1 aromatic carbocycles. The van der Waals surface area contributed by atoms with Crippen LogP contribution in [0.5, 0.6) is 5.75 Å². The second kappa shape index (κ2) is 11.4. The van der Waals surface area contributed by atoms with Gasteiger partial charge in [0.15, 0.2) is 5.96 Å². The smallest absolute Gasteiger partial charge is 0.191 e. The Balaban J connectivity index is 1.83. The standard InChI is InChI=1S/C22H36FN3O3/c1-5-24-21(25-13-16-7-6-12-28-20(16)22(2,3)4)26-14-18(27)15-29-19-10-8-17(23)9-11-19/h8-11,16,18,20,27H,5-7,12-15H2,1-4H3,(H2,24,25,26). The lowest BCUT2D eigenvalue weighted by Crippen LogP contribution is -2.47. The van der Waals surface area contributed by atoms with E-state index in [0.29, 0.717) is 17.6 Å². The van der Waals surface area contributed by atoms with E-state index >= 15 is 0 Å². The topological polar surface area (TPSA) is 75.1 Å². The highest BCUT2D eigenvalue weighted by Gasteiger charge is 2.35. The van der Waals surface area contributed by atoms with Crippen LogP contribution < -0.4 is 15.4 Å². The number of aliphatic imine (C=N–C) groups is 1. The van der Waals surface area contributed by atoms with Gasteiger partial charge in [0, 0.05) is 25.6 Å². The van der Waals surface area contributed by atoms with Crippen LogP contribution in [0.25, 0.3) is 0 Å². The maximum absolute atomic E-state index is 12.9. The number of nitrogens with one attached hydrogen (secondary N) is 2. The van der Waals surface area contributed by atoms with Gasteiger partial charge in [-0.3, -0.25) is 4.99 Å². The van der Waals surface area contributed by atoms with E-state index in [2.05, 4.69) is 36.4 Å². The second-order valence-corrected chi connectivity index (χ2v) is 8.58. The molecule has 0 spiro atoms. The van der Waals surface area contributed by atoms with Crippen LogP contribution in [0.15, 0.2) is 29.3 Å². The van der Waals surface area contributed by atoms with E-state index in [1.165, 1.54) is 24.3 Å². The number of rotatable bonds is 8. The Bertz CT molecular complexity index is 631. The predicted octanol–water partition coefficient (Wildman–Crippen LogP) is 2.96. The number of hydrogen-bond donors (Lipinski definition) is 3. The van der Waals surface area contributed by atoms with Gasteiger partial charge < -0.3 is 25.2 Å². The molecule has 0 amide bonds. The predicted molar refractivity (Wildman–Crippen MR) is 114 cm³/mol. The van der Waals surface area contributed by atoms with Crippen molar-refractivity contribution in [2.45, 2.75) is 52.7 Å². The summed E-state index contributed by atoms with van der Waals surface area (Å²) >= 11 is 0. The molecule has 1 aromatic rings. The maximum atomic E-state index is 12.9. The average Bonchev–Trinajstić information content (AvgIpc) is 2.69. The summed E-state index contributed by atoms with van der Waals surface area (Å²) in [7, 11) is 0. The number of halogens is 1. The Morgan fingerprint density at radius 1 is 1.31 bits per heavy atom. The molecule has 0 aromatic heterocycles. The first kappa shape index (κ1) is 23.4. The van der Waals surface area contributed by atoms with Crippen molar-refractivity contribution in [3.8, 4) is 5.75 Å². The molecule has 1 saturated heterocycles. The van der Waals surface area contributed by atoms with Crippen LogP contribution in [-0.2, 0) is 4.74 Å². The van der Waals surface area contributed by atoms with Crippen molar-refractivity contribution < 1.29 is 19.0 Å². The minimum Gasteiger partial charge on any atom is -0.491 e. The molecule has 29 heavy (non-hydrogen) atoms. The van der Waals surface area contributed by atoms with Crippen molar-refractivity contribution >= 4 is 5.96 Å². The van der Waals surface area contributed by atoms with Gasteiger partial charge in [-0.2, -0.15) is 0 Å². The van der Waals surface area contributed by atoms with Gasteiger partial charge in [-0.1, -0.05) is 20.8 Å². The van der Waals surface area contributed by atoms with Crippen molar-refractivity contribution in [1.82, 2.24) is 10.6 Å². The fourth-order valence-corrected chi connectivity index (χ4v) is 3.55. The number of ether oxygens (including phenoxy) is 2. The quantitative estimate of drug-likeness (QED) is 0.455. The summed E-state index contributed by atoms with van der Waals surface area (Å²) < 4.78 is 24.4. The zero-order chi connectivity index (χ0) is 21.3.